The Balaban J connectivity index is 1.41. The zero-order chi connectivity index (χ0) is 21.2. The highest BCUT2D eigenvalue weighted by molar-refractivity contribution is 5.84. The maximum absolute atomic E-state index is 13.6. The van der Waals surface area contributed by atoms with Crippen LogP contribution in [0.4, 0.5) is 0 Å². The van der Waals surface area contributed by atoms with Crippen LogP contribution in [-0.2, 0) is 16.0 Å². The number of carbonyl (C=O) groups excluding carboxylic acids is 1. The number of ether oxygens (including phenoxy) is 1. The summed E-state index contributed by atoms with van der Waals surface area (Å²) in [5, 5.41) is 20.9. The molecule has 6 rings (SSSR count). The van der Waals surface area contributed by atoms with Crippen LogP contribution in [0.5, 0.6) is 0 Å². The Kier molecular flexibility index (Phi) is 4.30. The Morgan fingerprint density at radius 3 is 2.74 bits per heavy atom. The normalized spacial score (nSPS) is 40.1. The van der Waals surface area contributed by atoms with Crippen molar-refractivity contribution in [3.8, 4) is 0 Å². The zero-order valence-corrected chi connectivity index (χ0v) is 17.5. The number of aliphatic hydroxyl groups excluding tert-OH is 2. The van der Waals surface area contributed by atoms with E-state index >= 15 is 0 Å². The van der Waals surface area contributed by atoms with Gasteiger partial charge in [-0.25, -0.2) is 0 Å². The Bertz CT molecular complexity index is 994. The second kappa shape index (κ2) is 6.97. The number of amides is 1. The van der Waals surface area contributed by atoms with Crippen LogP contribution < -0.4 is 0 Å². The van der Waals surface area contributed by atoms with Crippen molar-refractivity contribution in [1.29, 1.82) is 0 Å². The van der Waals surface area contributed by atoms with Crippen LogP contribution >= 0.6 is 0 Å². The number of carbonyl (C=O) groups is 1. The molecule has 3 unspecified atom stereocenters. The second-order valence-corrected chi connectivity index (χ2v) is 9.54. The van der Waals surface area contributed by atoms with Gasteiger partial charge in [0.2, 0.25) is 5.91 Å². The van der Waals surface area contributed by atoms with E-state index in [1.54, 1.807) is 12.2 Å². The molecule has 6 nitrogen and oxygen atoms in total. The van der Waals surface area contributed by atoms with Crippen molar-refractivity contribution < 1.29 is 19.7 Å². The van der Waals surface area contributed by atoms with Crippen LogP contribution in [0.15, 0.2) is 65.7 Å². The minimum Gasteiger partial charge on any atom is -0.504 e. The molecule has 162 valence electrons. The third-order valence-electron chi connectivity index (χ3n) is 7.77. The first-order chi connectivity index (χ1) is 15.0. The lowest BCUT2D eigenvalue weighted by Crippen LogP contribution is -2.63. The monoisotopic (exact) mass is 420 g/mol. The molecule has 1 amide bonds. The van der Waals surface area contributed by atoms with Crippen molar-refractivity contribution in [2.45, 2.75) is 49.4 Å². The van der Waals surface area contributed by atoms with Gasteiger partial charge >= 0.3 is 0 Å². The molecule has 1 aliphatic carbocycles. The summed E-state index contributed by atoms with van der Waals surface area (Å²) in [4.78, 5) is 17.9. The molecule has 31 heavy (non-hydrogen) atoms. The smallest absolute Gasteiger partial charge is 0.240 e. The average Bonchev–Trinajstić information content (AvgIpc) is 3.44. The fraction of sp³-hybridized carbons (Fsp3) is 0.480. The van der Waals surface area contributed by atoms with Gasteiger partial charge in [-0.15, -0.1) is 0 Å². The predicted octanol–water partition coefficient (Wildman–Crippen LogP) is 2.89. The second-order valence-electron chi connectivity index (χ2n) is 9.54. The van der Waals surface area contributed by atoms with Crippen molar-refractivity contribution in [3.63, 3.8) is 0 Å². The topological polar surface area (TPSA) is 73.2 Å². The Hall–Kier alpha value is -2.57. The largest absolute Gasteiger partial charge is 0.504 e. The number of piperazine rings is 1. The van der Waals surface area contributed by atoms with E-state index in [0.717, 1.165) is 31.4 Å². The predicted molar refractivity (Wildman–Crippen MR) is 115 cm³/mol. The maximum Gasteiger partial charge on any atom is 0.240 e. The molecule has 4 heterocycles. The van der Waals surface area contributed by atoms with Gasteiger partial charge in [0.15, 0.2) is 11.5 Å². The number of benzene rings is 1. The van der Waals surface area contributed by atoms with Gasteiger partial charge in [0.1, 0.15) is 0 Å². The fourth-order valence-electron chi connectivity index (χ4n) is 6.45. The lowest BCUT2D eigenvalue weighted by atomic mass is 9.78. The van der Waals surface area contributed by atoms with Gasteiger partial charge in [0, 0.05) is 25.6 Å². The van der Waals surface area contributed by atoms with E-state index < -0.39 is 0 Å². The molecule has 0 saturated carbocycles. The van der Waals surface area contributed by atoms with Gasteiger partial charge in [0.05, 0.1) is 23.7 Å². The van der Waals surface area contributed by atoms with Crippen molar-refractivity contribution in [2.24, 2.45) is 5.92 Å². The third-order valence-corrected chi connectivity index (χ3v) is 7.77. The van der Waals surface area contributed by atoms with E-state index in [1.165, 1.54) is 5.56 Å². The van der Waals surface area contributed by atoms with Crippen molar-refractivity contribution in [2.75, 3.05) is 19.7 Å². The average molecular weight is 421 g/mol. The molecule has 0 radical (unpaired) electrons. The highest BCUT2D eigenvalue weighted by atomic mass is 16.5. The quantitative estimate of drug-likeness (QED) is 0.784. The zero-order valence-electron chi connectivity index (χ0n) is 17.5. The standard InChI is InChI=1S/C25H28N2O4/c28-22-9-17-13-25(12-16-5-2-1-3-6-16)18(11-23(22)29)10-20-24(30)26(15-21(17)27(20)25)14-19-7-4-8-31-19/h1-3,5-6,9,11,13,18-21,28-29H,4,7-8,10,12,14-15H2/b22-9+,23-11+/t18?,19?,20-,21-,25?/m0/s1. The number of fused-ring (bicyclic) bond motifs is 1. The number of rotatable bonds is 4. The first-order valence-corrected chi connectivity index (χ1v) is 11.3. The highest BCUT2D eigenvalue weighted by Crippen LogP contribution is 2.53. The lowest BCUT2D eigenvalue weighted by molar-refractivity contribution is -0.145. The van der Waals surface area contributed by atoms with Gasteiger partial charge < -0.3 is 19.8 Å². The summed E-state index contributed by atoms with van der Waals surface area (Å²) in [6, 6.07) is 10.1. The molecule has 3 saturated heterocycles. The Morgan fingerprint density at radius 1 is 1.13 bits per heavy atom. The molecule has 5 aliphatic rings. The molecule has 3 fully saturated rings. The van der Waals surface area contributed by atoms with Crippen molar-refractivity contribution in [3.05, 3.63) is 71.2 Å². The molecule has 0 aromatic heterocycles. The van der Waals surface area contributed by atoms with E-state index in [9.17, 15) is 15.0 Å². The number of nitrogens with zero attached hydrogens (tertiary/aromatic N) is 2. The molecule has 4 aliphatic heterocycles. The molecule has 2 bridgehead atoms. The molecular formula is C25H28N2O4. The minimum atomic E-state index is -0.372. The molecule has 2 N–H and O–H groups in total. The van der Waals surface area contributed by atoms with E-state index in [-0.39, 0.29) is 47.1 Å². The molecule has 5 atom stereocenters. The van der Waals surface area contributed by atoms with E-state index in [0.29, 0.717) is 19.5 Å². The van der Waals surface area contributed by atoms with Gasteiger partial charge in [-0.2, -0.15) is 0 Å². The summed E-state index contributed by atoms with van der Waals surface area (Å²) in [5.74, 6) is -0.0610. The van der Waals surface area contributed by atoms with Crippen molar-refractivity contribution in [1.82, 2.24) is 9.80 Å². The summed E-state index contributed by atoms with van der Waals surface area (Å²) >= 11 is 0. The van der Waals surface area contributed by atoms with E-state index in [4.69, 9.17) is 4.74 Å². The molecule has 1 aromatic rings. The minimum absolute atomic E-state index is 0.0132. The van der Waals surface area contributed by atoms with Crippen LogP contribution in [0.3, 0.4) is 0 Å². The van der Waals surface area contributed by atoms with Crippen LogP contribution in [0.25, 0.3) is 0 Å². The summed E-state index contributed by atoms with van der Waals surface area (Å²) < 4.78 is 5.81. The fourth-order valence-corrected chi connectivity index (χ4v) is 6.45. The van der Waals surface area contributed by atoms with Gasteiger partial charge in [0.25, 0.3) is 0 Å². The third kappa shape index (κ3) is 2.88. The van der Waals surface area contributed by atoms with Crippen molar-refractivity contribution >= 4 is 5.91 Å². The van der Waals surface area contributed by atoms with E-state index in [1.807, 2.05) is 23.1 Å². The number of aliphatic hydroxyl groups is 2. The lowest BCUT2D eigenvalue weighted by Gasteiger charge is -2.46. The number of hydrogen-bond acceptors (Lipinski definition) is 5. The molecular weight excluding hydrogens is 392 g/mol. The molecule has 1 aromatic carbocycles. The summed E-state index contributed by atoms with van der Waals surface area (Å²) in [6.45, 7) is 2.01. The highest BCUT2D eigenvalue weighted by Gasteiger charge is 2.62. The molecule has 6 heteroatoms. The Morgan fingerprint density at radius 2 is 1.97 bits per heavy atom. The van der Waals surface area contributed by atoms with Gasteiger partial charge in [-0.05, 0) is 49.0 Å². The van der Waals surface area contributed by atoms with Gasteiger partial charge in [-0.1, -0.05) is 36.4 Å². The first-order valence-electron chi connectivity index (χ1n) is 11.3. The van der Waals surface area contributed by atoms with Gasteiger partial charge in [-0.3, -0.25) is 9.69 Å². The van der Waals surface area contributed by atoms with Crippen LogP contribution in [-0.4, -0.2) is 69.3 Å². The van der Waals surface area contributed by atoms with Crippen LogP contribution in [0, 0.1) is 5.92 Å². The molecule has 0 spiro atoms. The number of hydrogen-bond donors (Lipinski definition) is 2. The first kappa shape index (κ1) is 19.1. The Labute approximate surface area is 182 Å². The summed E-state index contributed by atoms with van der Waals surface area (Å²) in [5.41, 5.74) is 1.83. The maximum atomic E-state index is 13.6. The van der Waals surface area contributed by atoms with E-state index in [2.05, 4.69) is 23.1 Å². The SMILES string of the molecule is O=C1[C@@H]2CC3/C=C(O)\C(O)=C/C4=CC3(Cc3ccccc3)N2[C@H]4CN1CC1CCCO1. The van der Waals surface area contributed by atoms with Crippen LogP contribution in [0.2, 0.25) is 0 Å². The summed E-state index contributed by atoms with van der Waals surface area (Å²) in [7, 11) is 0. The summed E-state index contributed by atoms with van der Waals surface area (Å²) in [6.07, 6.45) is 9.31. The van der Waals surface area contributed by atoms with Crippen LogP contribution in [0.1, 0.15) is 24.8 Å².